The smallest absolute Gasteiger partial charge is 0.423 e. The molecular formula is C12H12BFN2O4. The zero-order valence-electron chi connectivity index (χ0n) is 10.7. The molecule has 0 bridgehead atoms. The Balaban J connectivity index is 2.54. The molecule has 0 atom stereocenters. The summed E-state index contributed by atoms with van der Waals surface area (Å²) in [4.78, 5) is 23.6. The van der Waals surface area contributed by atoms with Gasteiger partial charge in [0, 0.05) is 19.3 Å². The Bertz CT molecular complexity index is 754. The lowest BCUT2D eigenvalue weighted by Crippen LogP contribution is -2.41. The summed E-state index contributed by atoms with van der Waals surface area (Å²) in [6.45, 7) is -0.167. The molecule has 0 fully saturated rings. The zero-order valence-corrected chi connectivity index (χ0v) is 10.7. The second-order valence-corrected chi connectivity index (χ2v) is 4.35. The van der Waals surface area contributed by atoms with Crippen molar-refractivity contribution in [3.05, 3.63) is 62.7 Å². The third kappa shape index (κ3) is 2.71. The maximum Gasteiger partial charge on any atom is 0.488 e. The number of hydrogen-bond acceptors (Lipinski definition) is 4. The molecule has 0 unspecified atom stereocenters. The van der Waals surface area contributed by atoms with Crippen LogP contribution in [0, 0.1) is 5.82 Å². The third-order valence-electron chi connectivity index (χ3n) is 2.95. The SMILES string of the molecule is Cn1ccc(=O)n(Cc2ccc(F)cc2B(O)O)c1=O. The van der Waals surface area contributed by atoms with E-state index < -0.39 is 24.2 Å². The molecule has 0 spiro atoms. The summed E-state index contributed by atoms with van der Waals surface area (Å²) in [5.41, 5.74) is -0.856. The first kappa shape index (κ1) is 14.2. The van der Waals surface area contributed by atoms with Crippen LogP contribution in [0.25, 0.3) is 0 Å². The van der Waals surface area contributed by atoms with Crippen molar-refractivity contribution in [2.45, 2.75) is 6.54 Å². The van der Waals surface area contributed by atoms with Gasteiger partial charge in [-0.25, -0.2) is 9.18 Å². The van der Waals surface area contributed by atoms with Gasteiger partial charge < -0.3 is 14.6 Å². The highest BCUT2D eigenvalue weighted by Crippen LogP contribution is 2.02. The summed E-state index contributed by atoms with van der Waals surface area (Å²) in [7, 11) is -0.394. The predicted octanol–water partition coefficient (Wildman–Crippen LogP) is -1.59. The van der Waals surface area contributed by atoms with Gasteiger partial charge in [-0.3, -0.25) is 9.36 Å². The van der Waals surface area contributed by atoms with Crippen molar-refractivity contribution in [3.63, 3.8) is 0 Å². The first-order valence-corrected chi connectivity index (χ1v) is 5.81. The molecular weight excluding hydrogens is 266 g/mol. The Hall–Kier alpha value is -2.19. The van der Waals surface area contributed by atoms with Crippen LogP contribution in [0.1, 0.15) is 5.56 Å². The molecule has 20 heavy (non-hydrogen) atoms. The molecule has 0 aliphatic rings. The first-order valence-electron chi connectivity index (χ1n) is 5.81. The van der Waals surface area contributed by atoms with E-state index in [1.807, 2.05) is 0 Å². The lowest BCUT2D eigenvalue weighted by atomic mass is 9.77. The van der Waals surface area contributed by atoms with Crippen LogP contribution in [0.5, 0.6) is 0 Å². The van der Waals surface area contributed by atoms with Gasteiger partial charge in [-0.05, 0) is 23.2 Å². The van der Waals surface area contributed by atoms with Gasteiger partial charge in [-0.1, -0.05) is 6.07 Å². The van der Waals surface area contributed by atoms with Gasteiger partial charge in [0.05, 0.1) is 6.54 Å². The van der Waals surface area contributed by atoms with Gasteiger partial charge in [0.2, 0.25) is 0 Å². The van der Waals surface area contributed by atoms with E-state index in [4.69, 9.17) is 0 Å². The number of rotatable bonds is 3. The number of aromatic nitrogens is 2. The summed E-state index contributed by atoms with van der Waals surface area (Å²) < 4.78 is 15.3. The second-order valence-electron chi connectivity index (χ2n) is 4.35. The van der Waals surface area contributed by atoms with E-state index in [1.54, 1.807) is 0 Å². The monoisotopic (exact) mass is 278 g/mol. The third-order valence-corrected chi connectivity index (χ3v) is 2.95. The number of hydrogen-bond donors (Lipinski definition) is 2. The summed E-state index contributed by atoms with van der Waals surface area (Å²) >= 11 is 0. The first-order chi connectivity index (χ1) is 9.40. The molecule has 2 N–H and O–H groups in total. The molecule has 104 valence electrons. The van der Waals surface area contributed by atoms with Crippen molar-refractivity contribution in [2.24, 2.45) is 7.05 Å². The topological polar surface area (TPSA) is 84.5 Å². The fraction of sp³-hybridized carbons (Fsp3) is 0.167. The molecule has 6 nitrogen and oxygen atoms in total. The van der Waals surface area contributed by atoms with Gasteiger partial charge in [0.25, 0.3) is 5.56 Å². The molecule has 0 saturated heterocycles. The second kappa shape index (κ2) is 5.44. The number of halogens is 1. The maximum atomic E-state index is 13.1. The van der Waals surface area contributed by atoms with Crippen LogP contribution in [-0.4, -0.2) is 26.3 Å². The summed E-state index contributed by atoms with van der Waals surface area (Å²) in [5.74, 6) is -0.634. The molecule has 1 aromatic heterocycles. The van der Waals surface area contributed by atoms with Crippen LogP contribution >= 0.6 is 0 Å². The molecule has 8 heteroatoms. The highest BCUT2D eigenvalue weighted by molar-refractivity contribution is 6.59. The molecule has 0 aliphatic carbocycles. The highest BCUT2D eigenvalue weighted by atomic mass is 19.1. The predicted molar refractivity (Wildman–Crippen MR) is 71.3 cm³/mol. The standard InChI is InChI=1S/C12H12BFN2O4/c1-15-5-4-11(17)16(12(15)18)7-8-2-3-9(14)6-10(8)13(19)20/h2-6,19-20H,7H2,1H3. The van der Waals surface area contributed by atoms with Crippen molar-refractivity contribution in [3.8, 4) is 0 Å². The number of nitrogens with zero attached hydrogens (tertiary/aromatic N) is 2. The molecule has 1 heterocycles. The average molecular weight is 278 g/mol. The van der Waals surface area contributed by atoms with Crippen LogP contribution in [0.15, 0.2) is 40.1 Å². The summed E-state index contributed by atoms with van der Waals surface area (Å²) in [6, 6.07) is 4.61. The zero-order chi connectivity index (χ0) is 14.9. The van der Waals surface area contributed by atoms with Crippen molar-refractivity contribution < 1.29 is 14.4 Å². The molecule has 0 radical (unpaired) electrons. The lowest BCUT2D eigenvalue weighted by molar-refractivity contribution is 0.424. The van der Waals surface area contributed by atoms with Crippen molar-refractivity contribution in [2.75, 3.05) is 0 Å². The quantitative estimate of drug-likeness (QED) is 0.663. The minimum atomic E-state index is -1.89. The highest BCUT2D eigenvalue weighted by Gasteiger charge is 2.18. The van der Waals surface area contributed by atoms with Crippen LogP contribution in [0.4, 0.5) is 4.39 Å². The van der Waals surface area contributed by atoms with Crippen LogP contribution in [-0.2, 0) is 13.6 Å². The minimum absolute atomic E-state index is 0.0807. The Morgan fingerprint density at radius 3 is 2.60 bits per heavy atom. The Labute approximate surface area is 113 Å². The van der Waals surface area contributed by atoms with Crippen molar-refractivity contribution in [1.82, 2.24) is 9.13 Å². The molecule has 2 rings (SSSR count). The van der Waals surface area contributed by atoms with Gasteiger partial charge in [-0.15, -0.1) is 0 Å². The Morgan fingerprint density at radius 2 is 1.95 bits per heavy atom. The fourth-order valence-electron chi connectivity index (χ4n) is 1.88. The van der Waals surface area contributed by atoms with Gasteiger partial charge >= 0.3 is 12.8 Å². The van der Waals surface area contributed by atoms with Crippen LogP contribution in [0.2, 0.25) is 0 Å². The number of benzene rings is 1. The van der Waals surface area contributed by atoms with E-state index in [0.29, 0.717) is 0 Å². The maximum absolute atomic E-state index is 13.1. The van der Waals surface area contributed by atoms with Gasteiger partial charge in [0.1, 0.15) is 5.82 Å². The van der Waals surface area contributed by atoms with Crippen LogP contribution in [0.3, 0.4) is 0 Å². The molecule has 2 aromatic rings. The van der Waals surface area contributed by atoms with E-state index in [0.717, 1.165) is 16.7 Å². The van der Waals surface area contributed by atoms with Crippen molar-refractivity contribution >= 4 is 12.6 Å². The average Bonchev–Trinajstić information content (AvgIpc) is 2.40. The minimum Gasteiger partial charge on any atom is -0.423 e. The van der Waals surface area contributed by atoms with E-state index in [-0.39, 0.29) is 17.6 Å². The Morgan fingerprint density at radius 1 is 1.25 bits per heavy atom. The molecule has 0 amide bonds. The normalized spacial score (nSPS) is 10.6. The molecule has 0 saturated carbocycles. The van der Waals surface area contributed by atoms with E-state index >= 15 is 0 Å². The number of aryl methyl sites for hydroxylation is 1. The largest absolute Gasteiger partial charge is 0.488 e. The summed E-state index contributed by atoms with van der Waals surface area (Å²) in [6.07, 6.45) is 1.34. The summed E-state index contributed by atoms with van der Waals surface area (Å²) in [5, 5.41) is 18.4. The van der Waals surface area contributed by atoms with E-state index in [1.165, 1.54) is 29.9 Å². The lowest BCUT2D eigenvalue weighted by Gasteiger charge is -2.11. The fourth-order valence-corrected chi connectivity index (χ4v) is 1.88. The van der Waals surface area contributed by atoms with E-state index in [9.17, 15) is 24.0 Å². The molecule has 1 aromatic carbocycles. The van der Waals surface area contributed by atoms with E-state index in [2.05, 4.69) is 0 Å². The molecule has 0 aliphatic heterocycles. The Kier molecular flexibility index (Phi) is 3.87. The van der Waals surface area contributed by atoms with Gasteiger partial charge in [-0.2, -0.15) is 0 Å². The van der Waals surface area contributed by atoms with Crippen LogP contribution < -0.4 is 16.7 Å². The van der Waals surface area contributed by atoms with Gasteiger partial charge in [0.15, 0.2) is 0 Å². The van der Waals surface area contributed by atoms with Crippen molar-refractivity contribution in [1.29, 1.82) is 0 Å².